The van der Waals surface area contributed by atoms with Crippen molar-refractivity contribution in [1.29, 1.82) is 0 Å². The number of thiazole rings is 1. The third-order valence-electron chi connectivity index (χ3n) is 8.14. The molecule has 2 aliphatic carbocycles. The van der Waals surface area contributed by atoms with E-state index in [1.165, 1.54) is 0 Å². The molecule has 0 bridgehead atoms. The molecule has 0 atom stereocenters. The van der Waals surface area contributed by atoms with Crippen LogP contribution in [-0.2, 0) is 20.0 Å². The van der Waals surface area contributed by atoms with Gasteiger partial charge in [-0.05, 0) is 115 Å². The van der Waals surface area contributed by atoms with E-state index in [4.69, 9.17) is 18.0 Å². The number of rotatable bonds is 12. The Balaban J connectivity index is 0.000000259. The first-order valence-electron chi connectivity index (χ1n) is 15.4. The van der Waals surface area contributed by atoms with Crippen molar-refractivity contribution < 1.29 is 16.8 Å². The second kappa shape index (κ2) is 17.1. The monoisotopic (exact) mass is 687 g/mol. The molecule has 44 heavy (non-hydrogen) atoms. The smallest absolute Gasteiger partial charge is 0.214 e. The molecule has 2 aromatic rings. The molecule has 0 unspecified atom stereocenters. The van der Waals surface area contributed by atoms with E-state index in [1.54, 1.807) is 45.2 Å². The minimum absolute atomic E-state index is 0.0780. The first-order chi connectivity index (χ1) is 20.7. The lowest BCUT2D eigenvalue weighted by atomic mass is 9.86. The van der Waals surface area contributed by atoms with Crippen molar-refractivity contribution in [2.24, 2.45) is 17.6 Å². The topological polar surface area (TPSA) is 168 Å². The van der Waals surface area contributed by atoms with Crippen molar-refractivity contribution in [2.45, 2.75) is 102 Å². The predicted octanol–water partition coefficient (Wildman–Crippen LogP) is 4.21. The lowest BCUT2D eigenvalue weighted by Gasteiger charge is -2.29. The maximum atomic E-state index is 12.0. The first-order valence-corrected chi connectivity index (χ1v) is 19.8. The quantitative estimate of drug-likeness (QED) is 0.204. The molecule has 11 nitrogen and oxygen atoms in total. The third-order valence-corrected chi connectivity index (χ3v) is 12.9. The fourth-order valence-corrected chi connectivity index (χ4v) is 7.91. The van der Waals surface area contributed by atoms with E-state index < -0.39 is 20.0 Å². The van der Waals surface area contributed by atoms with Gasteiger partial charge in [0.25, 0.3) is 0 Å². The summed E-state index contributed by atoms with van der Waals surface area (Å²) >= 11 is 6.35. The van der Waals surface area contributed by atoms with Gasteiger partial charge in [-0.3, -0.25) is 4.98 Å². The van der Waals surface area contributed by atoms with Gasteiger partial charge in [0.2, 0.25) is 20.0 Å². The summed E-state index contributed by atoms with van der Waals surface area (Å²) in [5.41, 5.74) is 7.16. The predicted molar refractivity (Wildman–Crippen MR) is 184 cm³/mol. The SMILES string of the molecule is CC(C)S(=O)(=O)N[C@H]1CC[C@H](CNC(N)=S)CC1.CC(C)S(=O)(=O)N[C@H]1CC[C@H](CNc2nc(-c3ccccn3)cs2)CC1. The van der Waals surface area contributed by atoms with Crippen molar-refractivity contribution in [1.82, 2.24) is 24.7 Å². The van der Waals surface area contributed by atoms with Crippen LogP contribution in [-0.4, -0.2) is 67.6 Å². The Morgan fingerprint density at radius 2 is 1.39 bits per heavy atom. The number of nitrogens with two attached hydrogens (primary N) is 1. The van der Waals surface area contributed by atoms with Crippen LogP contribution in [0.15, 0.2) is 29.8 Å². The second-order valence-corrected chi connectivity index (χ2v) is 18.1. The highest BCUT2D eigenvalue weighted by atomic mass is 32.2. The average Bonchev–Trinajstić information content (AvgIpc) is 3.46. The van der Waals surface area contributed by atoms with E-state index in [1.807, 2.05) is 23.6 Å². The van der Waals surface area contributed by atoms with Crippen molar-refractivity contribution in [3.63, 3.8) is 0 Å². The minimum Gasteiger partial charge on any atom is -0.376 e. The molecular formula is C29H49N7O4S4. The van der Waals surface area contributed by atoms with Crippen LogP contribution in [0.3, 0.4) is 0 Å². The molecule has 15 heteroatoms. The van der Waals surface area contributed by atoms with Gasteiger partial charge < -0.3 is 16.4 Å². The molecule has 2 heterocycles. The highest BCUT2D eigenvalue weighted by molar-refractivity contribution is 7.90. The summed E-state index contributed by atoms with van der Waals surface area (Å²) in [7, 11) is -6.32. The number of nitrogens with one attached hydrogen (secondary N) is 4. The number of anilines is 1. The summed E-state index contributed by atoms with van der Waals surface area (Å²) in [4.78, 5) is 8.92. The Bertz CT molecular complexity index is 1370. The zero-order chi connectivity index (χ0) is 32.3. The van der Waals surface area contributed by atoms with E-state index in [9.17, 15) is 16.8 Å². The van der Waals surface area contributed by atoms with Crippen LogP contribution in [0.25, 0.3) is 11.4 Å². The fourth-order valence-electron chi connectivity index (χ4n) is 5.17. The van der Waals surface area contributed by atoms with Crippen LogP contribution >= 0.6 is 23.6 Å². The van der Waals surface area contributed by atoms with Gasteiger partial charge in [-0.15, -0.1) is 11.3 Å². The number of sulfonamides is 2. The van der Waals surface area contributed by atoms with Gasteiger partial charge >= 0.3 is 0 Å². The summed E-state index contributed by atoms with van der Waals surface area (Å²) in [6, 6.07) is 5.97. The standard InChI is InChI=1S/C18H26N4O2S2.C11H23N3O2S2/c1-13(2)26(23,24)22-15-8-6-14(7-9-15)11-20-18-21-17(12-25-18)16-5-3-4-10-19-16;1-8(2)18(15,16)14-10-5-3-9(4-6-10)7-13-11(12)17/h3-5,10,12-15,22H,6-9,11H2,1-2H3,(H,20,21);8-10,14H,3-7H2,1-2H3,(H3,12,13,17)/t14-,15-;9-,10-. The number of nitrogens with zero attached hydrogens (tertiary/aromatic N) is 2. The molecule has 2 saturated carbocycles. The molecule has 0 aromatic carbocycles. The highest BCUT2D eigenvalue weighted by Gasteiger charge is 2.27. The minimum atomic E-state index is -3.17. The summed E-state index contributed by atoms with van der Waals surface area (Å²) in [5, 5.41) is 8.91. The molecule has 248 valence electrons. The van der Waals surface area contributed by atoms with Gasteiger partial charge in [0.05, 0.1) is 16.2 Å². The average molecular weight is 688 g/mol. The molecule has 2 fully saturated rings. The van der Waals surface area contributed by atoms with Gasteiger partial charge in [0, 0.05) is 36.8 Å². The molecule has 2 aliphatic rings. The van der Waals surface area contributed by atoms with Crippen LogP contribution in [0, 0.1) is 11.8 Å². The summed E-state index contributed by atoms with van der Waals surface area (Å²) in [6.07, 6.45) is 9.39. The van der Waals surface area contributed by atoms with Crippen LogP contribution in [0.2, 0.25) is 0 Å². The van der Waals surface area contributed by atoms with Crippen LogP contribution in [0.5, 0.6) is 0 Å². The molecule has 0 saturated heterocycles. The van der Waals surface area contributed by atoms with Crippen molar-refractivity contribution in [3.05, 3.63) is 29.8 Å². The van der Waals surface area contributed by atoms with Crippen molar-refractivity contribution in [3.8, 4) is 11.4 Å². The Labute approximate surface area is 273 Å². The largest absolute Gasteiger partial charge is 0.376 e. The van der Waals surface area contributed by atoms with Crippen LogP contribution < -0.4 is 25.8 Å². The lowest BCUT2D eigenvalue weighted by Crippen LogP contribution is -2.42. The number of hydrogen-bond donors (Lipinski definition) is 5. The molecule has 0 spiro atoms. The van der Waals surface area contributed by atoms with Crippen molar-refractivity contribution >= 4 is 53.8 Å². The normalized spacial score (nSPS) is 22.7. The number of thiocarbonyl (C=S) groups is 1. The van der Waals surface area contributed by atoms with E-state index >= 15 is 0 Å². The van der Waals surface area contributed by atoms with E-state index in [-0.39, 0.29) is 22.6 Å². The first kappa shape index (κ1) is 36.6. The molecule has 4 rings (SSSR count). The fraction of sp³-hybridized carbons (Fsp3) is 0.690. The number of hydrogen-bond acceptors (Lipinski definition) is 9. The van der Waals surface area contributed by atoms with Gasteiger partial charge in [-0.25, -0.2) is 31.3 Å². The highest BCUT2D eigenvalue weighted by Crippen LogP contribution is 2.28. The lowest BCUT2D eigenvalue weighted by molar-refractivity contribution is 0.312. The van der Waals surface area contributed by atoms with Gasteiger partial charge in [-0.1, -0.05) is 6.07 Å². The van der Waals surface area contributed by atoms with Gasteiger partial charge in [-0.2, -0.15) is 0 Å². The Morgan fingerprint density at radius 3 is 1.84 bits per heavy atom. The molecule has 0 radical (unpaired) electrons. The molecule has 0 aliphatic heterocycles. The molecular weight excluding hydrogens is 639 g/mol. The Morgan fingerprint density at radius 1 is 0.864 bits per heavy atom. The van der Waals surface area contributed by atoms with E-state index in [0.717, 1.165) is 81.0 Å². The van der Waals surface area contributed by atoms with Crippen LogP contribution in [0.4, 0.5) is 5.13 Å². The Kier molecular flexibility index (Phi) is 14.2. The van der Waals surface area contributed by atoms with E-state index in [0.29, 0.717) is 16.9 Å². The maximum Gasteiger partial charge on any atom is 0.214 e. The van der Waals surface area contributed by atoms with E-state index in [2.05, 4.69) is 30.0 Å². The Hall–Kier alpha value is -1.91. The van der Waals surface area contributed by atoms with Crippen LogP contribution in [0.1, 0.15) is 79.1 Å². The second-order valence-electron chi connectivity index (χ2n) is 12.2. The molecule has 6 N–H and O–H groups in total. The zero-order valence-corrected chi connectivity index (χ0v) is 29.4. The molecule has 2 aromatic heterocycles. The third kappa shape index (κ3) is 12.1. The summed E-state index contributed by atoms with van der Waals surface area (Å²) in [6.45, 7) is 8.48. The van der Waals surface area contributed by atoms with Crippen molar-refractivity contribution in [2.75, 3.05) is 18.4 Å². The van der Waals surface area contributed by atoms with Gasteiger partial charge in [0.1, 0.15) is 5.69 Å². The molecule has 0 amide bonds. The summed E-state index contributed by atoms with van der Waals surface area (Å²) in [5.74, 6) is 1.09. The maximum absolute atomic E-state index is 12.0. The number of aromatic nitrogens is 2. The summed E-state index contributed by atoms with van der Waals surface area (Å²) < 4.78 is 53.1. The van der Waals surface area contributed by atoms with Gasteiger partial charge in [0.15, 0.2) is 10.2 Å². The zero-order valence-electron chi connectivity index (χ0n) is 26.2. The number of pyridine rings is 1.